The lowest BCUT2D eigenvalue weighted by Crippen LogP contribution is -2.19. The summed E-state index contributed by atoms with van der Waals surface area (Å²) >= 11 is 5.69. The van der Waals surface area contributed by atoms with Crippen molar-refractivity contribution < 1.29 is 4.42 Å². The molecule has 1 heterocycles. The van der Waals surface area contributed by atoms with Crippen molar-refractivity contribution >= 4 is 22.7 Å². The van der Waals surface area contributed by atoms with Gasteiger partial charge in [-0.25, -0.2) is 4.98 Å². The summed E-state index contributed by atoms with van der Waals surface area (Å²) in [5, 5.41) is 0. The van der Waals surface area contributed by atoms with Crippen molar-refractivity contribution in [3.63, 3.8) is 0 Å². The molecule has 0 saturated heterocycles. The van der Waals surface area contributed by atoms with Crippen LogP contribution in [0.25, 0.3) is 11.1 Å². The molecule has 4 heteroatoms. The number of halogens is 1. The quantitative estimate of drug-likeness (QED) is 0.590. The molecule has 1 aromatic carbocycles. The van der Waals surface area contributed by atoms with Gasteiger partial charge in [0.25, 0.3) is 0 Å². The highest BCUT2D eigenvalue weighted by atomic mass is 35.5. The maximum Gasteiger partial charge on any atom is 0.181 e. The molecule has 0 aliphatic heterocycles. The van der Waals surface area contributed by atoms with Crippen molar-refractivity contribution in [1.82, 2.24) is 9.88 Å². The fourth-order valence-electron chi connectivity index (χ4n) is 1.43. The number of oxazole rings is 1. The number of hydrogen-bond acceptors (Lipinski definition) is 3. The second-order valence-electron chi connectivity index (χ2n) is 3.60. The molecule has 0 N–H and O–H groups in total. The second kappa shape index (κ2) is 4.64. The summed E-state index contributed by atoms with van der Waals surface area (Å²) in [6.45, 7) is 0.948. The van der Waals surface area contributed by atoms with Crippen LogP contribution in [0.4, 0.5) is 0 Å². The van der Waals surface area contributed by atoms with E-state index in [0.717, 1.165) is 24.1 Å². The summed E-state index contributed by atoms with van der Waals surface area (Å²) in [5.41, 5.74) is 3.00. The van der Waals surface area contributed by atoms with E-state index in [1.165, 1.54) is 12.0 Å². The van der Waals surface area contributed by atoms with Crippen LogP contribution in [0.5, 0.6) is 0 Å². The molecule has 3 nitrogen and oxygen atoms in total. The van der Waals surface area contributed by atoms with Gasteiger partial charge in [-0.15, -0.1) is 11.6 Å². The van der Waals surface area contributed by atoms with Crippen LogP contribution in [0.15, 0.2) is 29.0 Å². The Morgan fingerprint density at radius 1 is 1.47 bits per heavy atom. The summed E-state index contributed by atoms with van der Waals surface area (Å²) in [4.78, 5) is 6.13. The molecule has 0 bridgehead atoms. The average Bonchev–Trinajstić information content (AvgIpc) is 2.72. The highest BCUT2D eigenvalue weighted by molar-refractivity contribution is 6.17. The van der Waals surface area contributed by atoms with Crippen molar-refractivity contribution in [2.45, 2.75) is 6.42 Å². The average molecular weight is 225 g/mol. The van der Waals surface area contributed by atoms with Gasteiger partial charge in [-0.1, -0.05) is 6.07 Å². The smallest absolute Gasteiger partial charge is 0.181 e. The van der Waals surface area contributed by atoms with Crippen molar-refractivity contribution in [3.8, 4) is 0 Å². The number of rotatable bonds is 4. The van der Waals surface area contributed by atoms with Crippen molar-refractivity contribution in [2.75, 3.05) is 19.6 Å². The van der Waals surface area contributed by atoms with E-state index in [-0.39, 0.29) is 0 Å². The van der Waals surface area contributed by atoms with Crippen LogP contribution >= 0.6 is 11.6 Å². The third-order valence-corrected chi connectivity index (χ3v) is 2.79. The lowest BCUT2D eigenvalue weighted by atomic mass is 10.1. The fourth-order valence-corrected chi connectivity index (χ4v) is 1.55. The predicted molar refractivity (Wildman–Crippen MR) is 61.1 cm³/mol. The first-order valence-corrected chi connectivity index (χ1v) is 5.39. The molecule has 0 amide bonds. The summed E-state index contributed by atoms with van der Waals surface area (Å²) in [7, 11) is 2.00. The second-order valence-corrected chi connectivity index (χ2v) is 3.84. The molecule has 0 unspecified atom stereocenters. The molecular weight excluding hydrogens is 212 g/mol. The zero-order valence-electron chi connectivity index (χ0n) is 8.61. The summed E-state index contributed by atoms with van der Waals surface area (Å²) in [6.07, 6.45) is 2.44. The van der Waals surface area contributed by atoms with Gasteiger partial charge in [0.2, 0.25) is 0 Å². The van der Waals surface area contributed by atoms with Gasteiger partial charge in [0, 0.05) is 6.54 Å². The molecule has 0 fully saturated rings. The predicted octanol–water partition coefficient (Wildman–Crippen LogP) is 2.50. The number of benzene rings is 1. The van der Waals surface area contributed by atoms with E-state index in [9.17, 15) is 0 Å². The van der Waals surface area contributed by atoms with Crippen LogP contribution in [0.1, 0.15) is 5.56 Å². The van der Waals surface area contributed by atoms with Crippen LogP contribution < -0.4 is 0 Å². The molecule has 15 heavy (non-hydrogen) atoms. The van der Waals surface area contributed by atoms with E-state index in [2.05, 4.69) is 16.0 Å². The van der Waals surface area contributed by atoms with Crippen LogP contribution in [0, 0.1) is 0 Å². The third-order valence-electron chi connectivity index (χ3n) is 2.38. The monoisotopic (exact) mass is 224 g/mol. The van der Waals surface area contributed by atoms with Crippen molar-refractivity contribution in [1.29, 1.82) is 0 Å². The van der Waals surface area contributed by atoms with Gasteiger partial charge in [0.05, 0.1) is 6.00 Å². The first-order chi connectivity index (χ1) is 7.29. The highest BCUT2D eigenvalue weighted by Gasteiger charge is 2.01. The summed E-state index contributed by atoms with van der Waals surface area (Å²) < 4.78 is 5.24. The summed E-state index contributed by atoms with van der Waals surface area (Å²) in [5.74, 6) is 0. The SMILES string of the molecule is CN(CCl)CCc1ccc2ncoc2c1. The Hall–Kier alpha value is -1.06. The summed E-state index contributed by atoms with van der Waals surface area (Å²) in [6, 6.07) is 6.65. The van der Waals surface area contributed by atoms with Gasteiger partial charge < -0.3 is 4.42 Å². The molecule has 2 rings (SSSR count). The minimum Gasteiger partial charge on any atom is -0.443 e. The number of alkyl halides is 1. The Morgan fingerprint density at radius 3 is 3.13 bits per heavy atom. The first kappa shape index (κ1) is 10.5. The first-order valence-electron chi connectivity index (χ1n) is 4.86. The van der Waals surface area contributed by atoms with Crippen LogP contribution in [-0.2, 0) is 6.42 Å². The maximum atomic E-state index is 5.69. The van der Waals surface area contributed by atoms with E-state index in [1.54, 1.807) is 0 Å². The molecule has 0 saturated carbocycles. The molecule has 0 spiro atoms. The van der Waals surface area contributed by atoms with E-state index in [0.29, 0.717) is 6.00 Å². The Balaban J connectivity index is 2.08. The minimum atomic E-state index is 0.560. The number of likely N-dealkylation sites (N-methyl/N-ethyl adjacent to an activating group) is 1. The molecule has 0 aliphatic rings. The largest absolute Gasteiger partial charge is 0.443 e. The molecule has 1 aromatic heterocycles. The van der Waals surface area contributed by atoms with Gasteiger partial charge in [-0.2, -0.15) is 0 Å². The van der Waals surface area contributed by atoms with Gasteiger partial charge in [-0.05, 0) is 31.2 Å². The number of fused-ring (bicyclic) bond motifs is 1. The van der Waals surface area contributed by atoms with Crippen molar-refractivity contribution in [2.24, 2.45) is 0 Å². The fraction of sp³-hybridized carbons (Fsp3) is 0.364. The Labute approximate surface area is 93.6 Å². The molecule has 0 atom stereocenters. The number of hydrogen-bond donors (Lipinski definition) is 0. The normalized spacial score (nSPS) is 11.4. The van der Waals surface area contributed by atoms with Crippen molar-refractivity contribution in [3.05, 3.63) is 30.2 Å². The molecule has 0 radical (unpaired) electrons. The Morgan fingerprint density at radius 2 is 2.33 bits per heavy atom. The maximum absolute atomic E-state index is 5.69. The topological polar surface area (TPSA) is 29.3 Å². The third kappa shape index (κ3) is 2.49. The van der Waals surface area contributed by atoms with Gasteiger partial charge in [0.1, 0.15) is 5.52 Å². The number of nitrogens with zero attached hydrogens (tertiary/aromatic N) is 2. The highest BCUT2D eigenvalue weighted by Crippen LogP contribution is 2.14. The van der Waals surface area contributed by atoms with Gasteiger partial charge in [-0.3, -0.25) is 4.90 Å². The molecule has 0 aliphatic carbocycles. The van der Waals surface area contributed by atoms with E-state index in [4.69, 9.17) is 16.0 Å². The van der Waals surface area contributed by atoms with Crippen LogP contribution in [0.3, 0.4) is 0 Å². The van der Waals surface area contributed by atoms with E-state index in [1.807, 2.05) is 19.2 Å². The lowest BCUT2D eigenvalue weighted by molar-refractivity contribution is 0.394. The molecular formula is C11H13ClN2O. The standard InChI is InChI=1S/C11H13ClN2O/c1-14(7-12)5-4-9-2-3-10-11(6-9)15-8-13-10/h2-3,6,8H,4-5,7H2,1H3. The molecule has 2 aromatic rings. The van der Waals surface area contributed by atoms with E-state index >= 15 is 0 Å². The van der Waals surface area contributed by atoms with Crippen LogP contribution in [-0.4, -0.2) is 29.5 Å². The molecule has 80 valence electrons. The zero-order chi connectivity index (χ0) is 10.7. The van der Waals surface area contributed by atoms with Gasteiger partial charge in [0.15, 0.2) is 12.0 Å². The number of aromatic nitrogens is 1. The van der Waals surface area contributed by atoms with E-state index < -0.39 is 0 Å². The Bertz CT molecular complexity index is 441. The zero-order valence-corrected chi connectivity index (χ0v) is 9.37. The van der Waals surface area contributed by atoms with Gasteiger partial charge >= 0.3 is 0 Å². The lowest BCUT2D eigenvalue weighted by Gasteiger charge is -2.11. The van der Waals surface area contributed by atoms with Crippen LogP contribution in [0.2, 0.25) is 0 Å². The minimum absolute atomic E-state index is 0.560. The Kier molecular flexibility index (Phi) is 3.23.